The molecule has 1 aliphatic heterocycles. The Labute approximate surface area is 121 Å². The highest BCUT2D eigenvalue weighted by molar-refractivity contribution is 6.34. The normalized spacial score (nSPS) is 16.4. The van der Waals surface area contributed by atoms with E-state index in [1.54, 1.807) is 18.2 Å². The Kier molecular flexibility index (Phi) is 3.24. The Hall–Kier alpha value is -2.20. The molecule has 0 aromatic heterocycles. The summed E-state index contributed by atoms with van der Waals surface area (Å²) in [7, 11) is 0. The molecule has 3 rings (SSSR count). The van der Waals surface area contributed by atoms with Gasteiger partial charge < -0.3 is 15.8 Å². The highest BCUT2D eigenvalue weighted by Crippen LogP contribution is 2.31. The van der Waals surface area contributed by atoms with Gasteiger partial charge in [0.2, 0.25) is 0 Å². The predicted octanol–water partition coefficient (Wildman–Crippen LogP) is 2.86. The number of carbonyl (C=O) groups is 1. The Bertz CT molecular complexity index is 627. The standard InChI is InChI=1S/C15H13ClN2O2/c16-10-5-3-6-11(17)14(10)18-15(19)13-8-9-4-1-2-7-12(9)20-13/h1-7,13H,8,17H2,(H,18,19). The van der Waals surface area contributed by atoms with Gasteiger partial charge in [-0.05, 0) is 23.8 Å². The fourth-order valence-electron chi connectivity index (χ4n) is 2.20. The largest absolute Gasteiger partial charge is 0.480 e. The number of hydrogen-bond acceptors (Lipinski definition) is 3. The topological polar surface area (TPSA) is 64.3 Å². The van der Waals surface area contributed by atoms with Gasteiger partial charge in [0, 0.05) is 6.42 Å². The molecule has 0 aliphatic carbocycles. The van der Waals surface area contributed by atoms with Crippen LogP contribution in [0.3, 0.4) is 0 Å². The summed E-state index contributed by atoms with van der Waals surface area (Å²) in [5, 5.41) is 3.15. The molecule has 0 fully saturated rings. The molecule has 102 valence electrons. The van der Waals surface area contributed by atoms with E-state index >= 15 is 0 Å². The molecule has 0 saturated carbocycles. The van der Waals surface area contributed by atoms with Crippen molar-refractivity contribution in [1.82, 2.24) is 0 Å². The molecule has 2 aromatic carbocycles. The lowest BCUT2D eigenvalue weighted by atomic mass is 10.1. The van der Waals surface area contributed by atoms with E-state index in [4.69, 9.17) is 22.1 Å². The van der Waals surface area contributed by atoms with Crippen LogP contribution in [-0.4, -0.2) is 12.0 Å². The van der Waals surface area contributed by atoms with Crippen molar-refractivity contribution in [3.63, 3.8) is 0 Å². The number of nitrogens with two attached hydrogens (primary N) is 1. The van der Waals surface area contributed by atoms with Gasteiger partial charge in [-0.25, -0.2) is 0 Å². The molecule has 3 N–H and O–H groups in total. The Balaban J connectivity index is 1.76. The monoisotopic (exact) mass is 288 g/mol. The number of carbonyl (C=O) groups excluding carboxylic acids is 1. The van der Waals surface area contributed by atoms with Gasteiger partial charge in [-0.15, -0.1) is 0 Å². The number of rotatable bonds is 2. The van der Waals surface area contributed by atoms with Crippen molar-refractivity contribution in [2.75, 3.05) is 11.1 Å². The van der Waals surface area contributed by atoms with Crippen molar-refractivity contribution < 1.29 is 9.53 Å². The molecule has 1 atom stereocenters. The second-order valence-electron chi connectivity index (χ2n) is 4.61. The molecule has 1 amide bonds. The molecule has 4 nitrogen and oxygen atoms in total. The average Bonchev–Trinajstić information content (AvgIpc) is 2.87. The van der Waals surface area contributed by atoms with E-state index in [-0.39, 0.29) is 5.91 Å². The number of benzene rings is 2. The first kappa shape index (κ1) is 12.8. The molecule has 0 saturated heterocycles. The van der Waals surface area contributed by atoms with E-state index in [2.05, 4.69) is 5.32 Å². The number of nitrogens with one attached hydrogen (secondary N) is 1. The Morgan fingerprint density at radius 2 is 2.05 bits per heavy atom. The van der Waals surface area contributed by atoms with Gasteiger partial charge in [0.15, 0.2) is 6.10 Å². The summed E-state index contributed by atoms with van der Waals surface area (Å²) in [4.78, 5) is 12.2. The first-order valence-corrected chi connectivity index (χ1v) is 6.62. The zero-order valence-corrected chi connectivity index (χ0v) is 11.4. The van der Waals surface area contributed by atoms with Gasteiger partial charge in [0.1, 0.15) is 5.75 Å². The summed E-state index contributed by atoms with van der Waals surface area (Å²) in [5.74, 6) is 0.501. The summed E-state index contributed by atoms with van der Waals surface area (Å²) in [6.07, 6.45) is -0.00473. The smallest absolute Gasteiger partial charge is 0.265 e. The maximum Gasteiger partial charge on any atom is 0.265 e. The third kappa shape index (κ3) is 2.30. The minimum atomic E-state index is -0.553. The third-order valence-corrected chi connectivity index (χ3v) is 3.55. The quantitative estimate of drug-likeness (QED) is 0.835. The fourth-order valence-corrected chi connectivity index (χ4v) is 2.43. The molecule has 1 unspecified atom stereocenters. The van der Waals surface area contributed by atoms with E-state index in [0.29, 0.717) is 22.8 Å². The minimum Gasteiger partial charge on any atom is -0.480 e. The van der Waals surface area contributed by atoms with Crippen LogP contribution in [0.2, 0.25) is 5.02 Å². The molecule has 5 heteroatoms. The summed E-state index contributed by atoms with van der Waals surface area (Å²) >= 11 is 6.03. The summed E-state index contributed by atoms with van der Waals surface area (Å²) in [6.45, 7) is 0. The molecule has 0 spiro atoms. The third-order valence-electron chi connectivity index (χ3n) is 3.23. The summed E-state index contributed by atoms with van der Waals surface area (Å²) in [6, 6.07) is 12.7. The second kappa shape index (κ2) is 5.06. The van der Waals surface area contributed by atoms with Gasteiger partial charge in [-0.1, -0.05) is 35.9 Å². The van der Waals surface area contributed by atoms with Gasteiger partial charge in [-0.3, -0.25) is 4.79 Å². The first-order valence-electron chi connectivity index (χ1n) is 6.24. The van der Waals surface area contributed by atoms with E-state index in [9.17, 15) is 4.79 Å². The van der Waals surface area contributed by atoms with Gasteiger partial charge >= 0.3 is 0 Å². The maximum absolute atomic E-state index is 12.2. The van der Waals surface area contributed by atoms with Crippen LogP contribution in [0.1, 0.15) is 5.56 Å². The maximum atomic E-state index is 12.2. The molecule has 0 radical (unpaired) electrons. The van der Waals surface area contributed by atoms with Gasteiger partial charge in [0.05, 0.1) is 16.4 Å². The van der Waals surface area contributed by atoms with Crippen LogP contribution in [0.5, 0.6) is 5.75 Å². The molecular formula is C15H13ClN2O2. The van der Waals surface area contributed by atoms with E-state index in [1.807, 2.05) is 24.3 Å². The number of hydrogen-bond donors (Lipinski definition) is 2. The first-order chi connectivity index (χ1) is 9.65. The Morgan fingerprint density at radius 1 is 1.25 bits per heavy atom. The summed E-state index contributed by atoms with van der Waals surface area (Å²) < 4.78 is 5.62. The zero-order valence-electron chi connectivity index (χ0n) is 10.6. The van der Waals surface area contributed by atoms with E-state index in [0.717, 1.165) is 11.3 Å². The molecular weight excluding hydrogens is 276 g/mol. The lowest BCUT2D eigenvalue weighted by molar-refractivity contribution is -0.122. The van der Waals surface area contributed by atoms with Crippen LogP contribution in [0, 0.1) is 0 Å². The fraction of sp³-hybridized carbons (Fsp3) is 0.133. The number of para-hydroxylation sites is 2. The van der Waals surface area contributed by atoms with Gasteiger partial charge in [0.25, 0.3) is 5.91 Å². The second-order valence-corrected chi connectivity index (χ2v) is 5.02. The predicted molar refractivity (Wildman–Crippen MR) is 79.1 cm³/mol. The number of ether oxygens (including phenoxy) is 1. The van der Waals surface area contributed by atoms with Crippen molar-refractivity contribution >= 4 is 28.9 Å². The number of anilines is 2. The number of amides is 1. The highest BCUT2D eigenvalue weighted by atomic mass is 35.5. The zero-order chi connectivity index (χ0) is 14.1. The van der Waals surface area contributed by atoms with Crippen LogP contribution in [0.25, 0.3) is 0 Å². The number of fused-ring (bicyclic) bond motifs is 1. The van der Waals surface area contributed by atoms with Crippen LogP contribution in [0.4, 0.5) is 11.4 Å². The molecule has 2 aromatic rings. The highest BCUT2D eigenvalue weighted by Gasteiger charge is 2.29. The average molecular weight is 289 g/mol. The van der Waals surface area contributed by atoms with Gasteiger partial charge in [-0.2, -0.15) is 0 Å². The van der Waals surface area contributed by atoms with Crippen LogP contribution in [-0.2, 0) is 11.2 Å². The molecule has 1 aliphatic rings. The van der Waals surface area contributed by atoms with Crippen LogP contribution < -0.4 is 15.8 Å². The van der Waals surface area contributed by atoms with Crippen LogP contribution in [0.15, 0.2) is 42.5 Å². The van der Waals surface area contributed by atoms with Crippen molar-refractivity contribution in [1.29, 1.82) is 0 Å². The summed E-state index contributed by atoms with van der Waals surface area (Å²) in [5.41, 5.74) is 7.70. The SMILES string of the molecule is Nc1cccc(Cl)c1NC(=O)C1Cc2ccccc2O1. The lowest BCUT2D eigenvalue weighted by Crippen LogP contribution is -2.31. The Morgan fingerprint density at radius 3 is 2.80 bits per heavy atom. The minimum absolute atomic E-state index is 0.249. The van der Waals surface area contributed by atoms with E-state index < -0.39 is 6.10 Å². The van der Waals surface area contributed by atoms with Crippen molar-refractivity contribution in [3.8, 4) is 5.75 Å². The van der Waals surface area contributed by atoms with Crippen LogP contribution >= 0.6 is 11.6 Å². The molecule has 0 bridgehead atoms. The van der Waals surface area contributed by atoms with Crippen molar-refractivity contribution in [2.24, 2.45) is 0 Å². The van der Waals surface area contributed by atoms with E-state index in [1.165, 1.54) is 0 Å². The number of halogens is 1. The number of nitrogen functional groups attached to an aromatic ring is 1. The lowest BCUT2D eigenvalue weighted by Gasteiger charge is -2.13. The molecule has 20 heavy (non-hydrogen) atoms. The molecule has 1 heterocycles. The van der Waals surface area contributed by atoms with Crippen molar-refractivity contribution in [2.45, 2.75) is 12.5 Å². The van der Waals surface area contributed by atoms with Crippen molar-refractivity contribution in [3.05, 3.63) is 53.1 Å².